The fourth-order valence-corrected chi connectivity index (χ4v) is 4.45. The third kappa shape index (κ3) is 3.08. The number of benzene rings is 1. The number of hydrogen-bond donors (Lipinski definition) is 0. The Labute approximate surface area is 183 Å². The highest BCUT2D eigenvalue weighted by molar-refractivity contribution is 6.08. The van der Waals surface area contributed by atoms with Crippen LogP contribution < -0.4 is 5.56 Å². The van der Waals surface area contributed by atoms with Gasteiger partial charge in [-0.15, -0.1) is 0 Å². The molecule has 1 aliphatic rings. The Kier molecular flexibility index (Phi) is 4.80. The first-order valence-corrected chi connectivity index (χ1v) is 10.5. The smallest absolute Gasteiger partial charge is 0.291 e. The molecule has 32 heavy (non-hydrogen) atoms. The maximum absolute atomic E-state index is 13.4. The van der Waals surface area contributed by atoms with E-state index in [1.807, 2.05) is 35.8 Å². The molecular formula is C23H23N5O4. The number of hydrogen-bond acceptors (Lipinski definition) is 5. The number of amides is 2. The first-order chi connectivity index (χ1) is 15.5. The minimum Gasteiger partial charge on any atom is -0.459 e. The number of fused-ring (bicyclic) bond motifs is 3. The molecule has 4 aromatic rings. The molecule has 0 N–H and O–H groups in total. The van der Waals surface area contributed by atoms with Gasteiger partial charge in [0.25, 0.3) is 11.5 Å². The summed E-state index contributed by atoms with van der Waals surface area (Å²) in [6, 6.07) is 10.4. The van der Waals surface area contributed by atoms with Crippen molar-refractivity contribution < 1.29 is 14.0 Å². The van der Waals surface area contributed by atoms with Crippen molar-refractivity contribution in [3.05, 3.63) is 65.0 Å². The van der Waals surface area contributed by atoms with Crippen LogP contribution in [0.5, 0.6) is 0 Å². The summed E-state index contributed by atoms with van der Waals surface area (Å²) in [6.45, 7) is 3.51. The largest absolute Gasteiger partial charge is 0.459 e. The van der Waals surface area contributed by atoms with Gasteiger partial charge in [0.1, 0.15) is 11.6 Å². The van der Waals surface area contributed by atoms with Crippen LogP contribution in [0.15, 0.2) is 58.1 Å². The highest BCUT2D eigenvalue weighted by Gasteiger charge is 2.30. The van der Waals surface area contributed by atoms with Gasteiger partial charge in [-0.1, -0.05) is 18.2 Å². The maximum atomic E-state index is 13.4. The van der Waals surface area contributed by atoms with E-state index in [1.165, 1.54) is 10.9 Å². The zero-order valence-corrected chi connectivity index (χ0v) is 17.9. The molecular weight excluding hydrogens is 410 g/mol. The Balaban J connectivity index is 1.44. The number of aryl methyl sites for hydroxylation is 1. The molecule has 0 spiro atoms. The summed E-state index contributed by atoms with van der Waals surface area (Å²) >= 11 is 0. The summed E-state index contributed by atoms with van der Waals surface area (Å²) in [5.74, 6) is 0.0398. The number of piperazine rings is 1. The van der Waals surface area contributed by atoms with Gasteiger partial charge in [-0.3, -0.25) is 14.4 Å². The van der Waals surface area contributed by atoms with E-state index < -0.39 is 6.04 Å². The van der Waals surface area contributed by atoms with Gasteiger partial charge in [0.05, 0.1) is 18.0 Å². The Morgan fingerprint density at radius 2 is 1.72 bits per heavy atom. The first-order valence-electron chi connectivity index (χ1n) is 10.5. The Bertz CT molecular complexity index is 1380. The van der Waals surface area contributed by atoms with E-state index in [0.717, 1.165) is 16.3 Å². The molecule has 9 heteroatoms. The summed E-state index contributed by atoms with van der Waals surface area (Å²) in [6.07, 6.45) is 3.14. The van der Waals surface area contributed by atoms with Crippen molar-refractivity contribution in [3.63, 3.8) is 0 Å². The highest BCUT2D eigenvalue weighted by Crippen LogP contribution is 2.30. The van der Waals surface area contributed by atoms with Gasteiger partial charge in [-0.05, 0) is 25.1 Å². The van der Waals surface area contributed by atoms with Gasteiger partial charge in [0.15, 0.2) is 5.76 Å². The summed E-state index contributed by atoms with van der Waals surface area (Å²) in [5, 5.41) is 5.78. The van der Waals surface area contributed by atoms with E-state index >= 15 is 0 Å². The second-order valence-corrected chi connectivity index (χ2v) is 7.99. The molecule has 3 aromatic heterocycles. The zero-order valence-electron chi connectivity index (χ0n) is 17.9. The average Bonchev–Trinajstić information content (AvgIpc) is 3.47. The van der Waals surface area contributed by atoms with Crippen molar-refractivity contribution in [3.8, 4) is 0 Å². The van der Waals surface area contributed by atoms with Crippen molar-refractivity contribution in [2.75, 3.05) is 26.2 Å². The number of carbonyl (C=O) groups excluding carboxylic acids is 2. The average molecular weight is 433 g/mol. The molecule has 1 unspecified atom stereocenters. The summed E-state index contributed by atoms with van der Waals surface area (Å²) < 4.78 is 8.30. The molecule has 1 saturated heterocycles. The maximum Gasteiger partial charge on any atom is 0.291 e. The SMILES string of the molecule is CC(C(=O)N1CCN(C(=O)c2ccco2)CC1)n1c2ccccc2c2cnn(C)c(=O)c21. The topological polar surface area (TPSA) is 93.6 Å². The van der Waals surface area contributed by atoms with Crippen LogP contribution in [-0.4, -0.2) is 62.1 Å². The fourth-order valence-electron chi connectivity index (χ4n) is 4.45. The van der Waals surface area contributed by atoms with Crippen LogP contribution in [-0.2, 0) is 11.8 Å². The molecule has 0 bridgehead atoms. The molecule has 164 valence electrons. The second kappa shape index (κ2) is 7.67. The standard InChI is InChI=1S/C23H23N5O4/c1-15(21(29)26-9-11-27(12-10-26)22(30)19-8-5-13-32-19)28-18-7-4-3-6-16(18)17-14-24-25(2)23(31)20(17)28/h3-8,13-15H,9-12H2,1-2H3. The number of carbonyl (C=O) groups is 2. The molecule has 2 amide bonds. The first kappa shape index (κ1) is 20.0. The molecule has 1 fully saturated rings. The van der Waals surface area contributed by atoms with E-state index in [1.54, 1.807) is 35.2 Å². The van der Waals surface area contributed by atoms with Crippen LogP contribution in [0, 0.1) is 0 Å². The van der Waals surface area contributed by atoms with Crippen LogP contribution in [0.4, 0.5) is 0 Å². The predicted molar refractivity (Wildman–Crippen MR) is 118 cm³/mol. The van der Waals surface area contributed by atoms with Crippen LogP contribution in [0.3, 0.4) is 0 Å². The molecule has 0 saturated carbocycles. The molecule has 0 radical (unpaired) electrons. The third-order valence-corrected chi connectivity index (χ3v) is 6.16. The molecule has 9 nitrogen and oxygen atoms in total. The normalized spacial score (nSPS) is 15.4. The lowest BCUT2D eigenvalue weighted by molar-refractivity contribution is -0.135. The lowest BCUT2D eigenvalue weighted by Crippen LogP contribution is -2.51. The van der Waals surface area contributed by atoms with Gasteiger partial charge in [0.2, 0.25) is 5.91 Å². The molecule has 1 aliphatic heterocycles. The minimum atomic E-state index is -0.583. The van der Waals surface area contributed by atoms with Crippen LogP contribution in [0.2, 0.25) is 0 Å². The second-order valence-electron chi connectivity index (χ2n) is 7.99. The van der Waals surface area contributed by atoms with E-state index in [-0.39, 0.29) is 17.4 Å². The molecule has 0 aliphatic carbocycles. The van der Waals surface area contributed by atoms with Gasteiger partial charge < -0.3 is 18.8 Å². The zero-order chi connectivity index (χ0) is 22.4. The molecule has 1 aromatic carbocycles. The van der Waals surface area contributed by atoms with Crippen molar-refractivity contribution in [1.82, 2.24) is 24.1 Å². The van der Waals surface area contributed by atoms with E-state index in [4.69, 9.17) is 4.42 Å². The van der Waals surface area contributed by atoms with Crippen molar-refractivity contribution in [2.45, 2.75) is 13.0 Å². The molecule has 5 rings (SSSR count). The quantitative estimate of drug-likeness (QED) is 0.493. The minimum absolute atomic E-state index is 0.0865. The van der Waals surface area contributed by atoms with Crippen LogP contribution >= 0.6 is 0 Å². The third-order valence-electron chi connectivity index (χ3n) is 6.16. The fraction of sp³-hybridized carbons (Fsp3) is 0.304. The van der Waals surface area contributed by atoms with Crippen molar-refractivity contribution in [2.24, 2.45) is 7.05 Å². The highest BCUT2D eigenvalue weighted by atomic mass is 16.3. The van der Waals surface area contributed by atoms with E-state index in [2.05, 4.69) is 5.10 Å². The summed E-state index contributed by atoms with van der Waals surface area (Å²) in [5.41, 5.74) is 1.04. The molecule has 1 atom stereocenters. The number of aromatic nitrogens is 3. The lowest BCUT2D eigenvalue weighted by Gasteiger charge is -2.36. The Morgan fingerprint density at radius 3 is 2.44 bits per heavy atom. The number of para-hydroxylation sites is 1. The lowest BCUT2D eigenvalue weighted by atomic mass is 10.2. The van der Waals surface area contributed by atoms with Crippen molar-refractivity contribution >= 4 is 33.6 Å². The monoisotopic (exact) mass is 433 g/mol. The Morgan fingerprint density at radius 1 is 1.00 bits per heavy atom. The van der Waals surface area contributed by atoms with Gasteiger partial charge in [0, 0.05) is 44.0 Å². The Hall–Kier alpha value is -3.88. The van der Waals surface area contributed by atoms with Gasteiger partial charge >= 0.3 is 0 Å². The number of rotatable bonds is 3. The summed E-state index contributed by atoms with van der Waals surface area (Å²) in [4.78, 5) is 42.3. The summed E-state index contributed by atoms with van der Waals surface area (Å²) in [7, 11) is 1.60. The van der Waals surface area contributed by atoms with Crippen molar-refractivity contribution in [1.29, 1.82) is 0 Å². The number of furan rings is 1. The van der Waals surface area contributed by atoms with Crippen LogP contribution in [0.25, 0.3) is 21.8 Å². The molecule has 4 heterocycles. The van der Waals surface area contributed by atoms with Gasteiger partial charge in [-0.25, -0.2) is 4.68 Å². The van der Waals surface area contributed by atoms with Gasteiger partial charge in [-0.2, -0.15) is 5.10 Å². The van der Waals surface area contributed by atoms with E-state index in [9.17, 15) is 14.4 Å². The van der Waals surface area contributed by atoms with Crippen LogP contribution in [0.1, 0.15) is 23.5 Å². The number of nitrogens with zero attached hydrogens (tertiary/aromatic N) is 5. The predicted octanol–water partition coefficient (Wildman–Crippen LogP) is 2.03. The van der Waals surface area contributed by atoms with E-state index in [0.29, 0.717) is 37.5 Å².